The van der Waals surface area contributed by atoms with Gasteiger partial charge >= 0.3 is 6.18 Å². The smallest absolute Gasteiger partial charge is 0.290 e. The van der Waals surface area contributed by atoms with E-state index in [1.165, 1.54) is 47.4 Å². The molecule has 1 unspecified atom stereocenters. The molecule has 3 atom stereocenters. The lowest BCUT2D eigenvalue weighted by Gasteiger charge is -2.47. The van der Waals surface area contributed by atoms with Crippen LogP contribution in [0.1, 0.15) is 45.2 Å². The molecule has 0 amide bonds. The molecule has 16 heteroatoms. The Labute approximate surface area is 258 Å². The lowest BCUT2D eigenvalue weighted by Crippen LogP contribution is -2.51. The van der Waals surface area contributed by atoms with Gasteiger partial charge in [0.2, 0.25) is 5.78 Å². The molecule has 0 aliphatic heterocycles. The molecule has 6 rings (SSSR count). The molecule has 45 heavy (non-hydrogen) atoms. The second kappa shape index (κ2) is 11.2. The summed E-state index contributed by atoms with van der Waals surface area (Å²) in [6.07, 6.45) is -2.02. The predicted molar refractivity (Wildman–Crippen MR) is 156 cm³/mol. The van der Waals surface area contributed by atoms with Crippen molar-refractivity contribution >= 4 is 38.8 Å². The van der Waals surface area contributed by atoms with Crippen molar-refractivity contribution in [3.63, 3.8) is 0 Å². The summed E-state index contributed by atoms with van der Waals surface area (Å²) in [5.41, 5.74) is 0.798. The molecule has 1 fully saturated rings. The van der Waals surface area contributed by atoms with Gasteiger partial charge in [0.15, 0.2) is 10.0 Å². The summed E-state index contributed by atoms with van der Waals surface area (Å²) < 4.78 is 100. The number of thiazole rings is 1. The van der Waals surface area contributed by atoms with Gasteiger partial charge in [-0.1, -0.05) is 5.57 Å². The molecule has 0 spiro atoms. The van der Waals surface area contributed by atoms with Gasteiger partial charge in [0.25, 0.3) is 6.43 Å². The number of hydrogen-bond donors (Lipinski definition) is 0. The number of carbonyl (C=O) groups excluding carboxylic acids is 1. The maximum atomic E-state index is 14.3. The minimum Gasteiger partial charge on any atom is -0.290 e. The SMILES string of the molecule is C=S(=O)(c1ccn(C)n1)N(CC(F)F)[C@H]1CCC2=Cc3c(cnn3-c3ccc(F)cc3)C[C@]2(C(=O)c2ncc(C(F)(F)F)s2)C1. The molecule has 4 aromatic rings. The van der Waals surface area contributed by atoms with Gasteiger partial charge < -0.3 is 0 Å². The topological polar surface area (TPSA) is 85.9 Å². The molecule has 1 saturated carbocycles. The van der Waals surface area contributed by atoms with E-state index in [0.717, 1.165) is 4.31 Å². The van der Waals surface area contributed by atoms with Crippen molar-refractivity contribution in [2.24, 2.45) is 12.5 Å². The first-order chi connectivity index (χ1) is 21.2. The summed E-state index contributed by atoms with van der Waals surface area (Å²) in [6, 6.07) is 6.16. The molecule has 0 saturated heterocycles. The zero-order valence-electron chi connectivity index (χ0n) is 23.7. The van der Waals surface area contributed by atoms with Crippen LogP contribution in [0.2, 0.25) is 0 Å². The van der Waals surface area contributed by atoms with E-state index in [9.17, 15) is 35.3 Å². The highest BCUT2D eigenvalue weighted by atomic mass is 32.2. The van der Waals surface area contributed by atoms with Crippen LogP contribution in [0.5, 0.6) is 0 Å². The Bertz CT molecular complexity index is 1890. The van der Waals surface area contributed by atoms with E-state index in [-0.39, 0.29) is 47.1 Å². The Morgan fingerprint density at radius 1 is 1.22 bits per heavy atom. The number of Topliss-reactive ketones (excluding diaryl/α,β-unsaturated/α-hetero) is 1. The highest BCUT2D eigenvalue weighted by Crippen LogP contribution is 2.52. The van der Waals surface area contributed by atoms with Crippen LogP contribution in [0.4, 0.5) is 26.3 Å². The van der Waals surface area contributed by atoms with E-state index in [2.05, 4.69) is 21.1 Å². The Hall–Kier alpha value is -3.76. The van der Waals surface area contributed by atoms with Crippen molar-refractivity contribution in [2.45, 2.75) is 49.4 Å². The standard InChI is InChI=1S/C29H26F6N6O2S2/c1-39-10-9-25(38-39)45(2,43)40(16-24(31)32)21-6-3-18-11-22-17(14-37-41(22)20-7-4-19(30)5-8-20)12-28(18,13-21)26(42)27-36-15-23(44-27)29(33,34)35/h4-5,7-11,14-15,21,24H,2-3,6,12-13,16H2,1H3/t21-,28-,45?/m0/s1. The number of aromatic nitrogens is 5. The number of benzene rings is 1. The Morgan fingerprint density at radius 2 is 1.96 bits per heavy atom. The average Bonchev–Trinajstić information content (AvgIpc) is 3.74. The number of carbonyl (C=O) groups is 1. The van der Waals surface area contributed by atoms with E-state index in [1.807, 2.05) is 0 Å². The van der Waals surface area contributed by atoms with Crippen LogP contribution in [-0.4, -0.2) is 63.7 Å². The predicted octanol–water partition coefficient (Wildman–Crippen LogP) is 5.84. The Balaban J connectivity index is 1.45. The fraction of sp³-hybridized carbons (Fsp3) is 0.345. The number of nitrogens with zero attached hydrogens (tertiary/aromatic N) is 6. The minimum atomic E-state index is -4.71. The maximum Gasteiger partial charge on any atom is 0.427 e. The largest absolute Gasteiger partial charge is 0.427 e. The highest BCUT2D eigenvalue weighted by Gasteiger charge is 2.52. The second-order valence-corrected chi connectivity index (χ2v) is 14.3. The second-order valence-electron chi connectivity index (χ2n) is 11.1. The maximum absolute atomic E-state index is 14.3. The van der Waals surface area contributed by atoms with E-state index >= 15 is 0 Å². The van der Waals surface area contributed by atoms with Crippen molar-refractivity contribution in [2.75, 3.05) is 6.54 Å². The molecule has 0 radical (unpaired) electrons. The highest BCUT2D eigenvalue weighted by molar-refractivity contribution is 7.98. The van der Waals surface area contributed by atoms with Gasteiger partial charge in [-0.15, -0.1) is 11.3 Å². The molecule has 8 nitrogen and oxygen atoms in total. The molecule has 3 heterocycles. The van der Waals surface area contributed by atoms with Gasteiger partial charge in [0.1, 0.15) is 10.7 Å². The van der Waals surface area contributed by atoms with Crippen molar-refractivity contribution in [1.82, 2.24) is 28.9 Å². The summed E-state index contributed by atoms with van der Waals surface area (Å²) in [4.78, 5) is 17.1. The fourth-order valence-electron chi connectivity index (χ4n) is 6.16. The van der Waals surface area contributed by atoms with Crippen LogP contribution in [0.15, 0.2) is 59.5 Å². The quantitative estimate of drug-likeness (QED) is 0.134. The third kappa shape index (κ3) is 5.63. The summed E-state index contributed by atoms with van der Waals surface area (Å²) in [7, 11) is -1.98. The Kier molecular flexibility index (Phi) is 7.80. The monoisotopic (exact) mass is 668 g/mol. The van der Waals surface area contributed by atoms with Gasteiger partial charge in [-0.3, -0.25) is 9.48 Å². The van der Waals surface area contributed by atoms with Crippen LogP contribution < -0.4 is 0 Å². The van der Waals surface area contributed by atoms with Gasteiger partial charge in [-0.05, 0) is 73.5 Å². The van der Waals surface area contributed by atoms with Crippen molar-refractivity contribution < 1.29 is 35.3 Å². The molecular formula is C29H26F6N6O2S2. The number of fused-ring (bicyclic) bond motifs is 2. The van der Waals surface area contributed by atoms with Crippen LogP contribution in [-0.2, 0) is 29.4 Å². The van der Waals surface area contributed by atoms with Gasteiger partial charge in [0, 0.05) is 19.3 Å². The van der Waals surface area contributed by atoms with Crippen molar-refractivity contribution in [3.8, 4) is 5.69 Å². The lowest BCUT2D eigenvalue weighted by atomic mass is 9.61. The molecule has 0 bridgehead atoms. The number of aryl methyl sites for hydroxylation is 1. The first kappa shape index (κ1) is 31.2. The first-order valence-corrected chi connectivity index (χ1v) is 16.2. The van der Waals surface area contributed by atoms with Crippen molar-refractivity contribution in [3.05, 3.63) is 81.5 Å². The zero-order chi connectivity index (χ0) is 32.3. The van der Waals surface area contributed by atoms with Crippen LogP contribution in [0.3, 0.4) is 0 Å². The van der Waals surface area contributed by atoms with Crippen LogP contribution >= 0.6 is 11.3 Å². The van der Waals surface area contributed by atoms with Gasteiger partial charge in [-0.2, -0.15) is 23.4 Å². The normalized spacial score (nSPS) is 21.4. The molecule has 2 aliphatic carbocycles. The molecule has 2 aliphatic rings. The average molecular weight is 669 g/mol. The third-order valence-corrected chi connectivity index (χ3v) is 11.4. The number of halogens is 6. The zero-order valence-corrected chi connectivity index (χ0v) is 25.3. The number of alkyl halides is 5. The van der Waals surface area contributed by atoms with Crippen LogP contribution in [0, 0.1) is 11.2 Å². The summed E-state index contributed by atoms with van der Waals surface area (Å²) >= 11 is 0.218. The van der Waals surface area contributed by atoms with Crippen molar-refractivity contribution in [1.29, 1.82) is 0 Å². The third-order valence-electron chi connectivity index (χ3n) is 8.24. The number of rotatable bonds is 8. The Morgan fingerprint density at radius 3 is 2.58 bits per heavy atom. The van der Waals surface area contributed by atoms with E-state index in [4.69, 9.17) is 0 Å². The molecule has 3 aromatic heterocycles. The van der Waals surface area contributed by atoms with E-state index < -0.39 is 56.8 Å². The summed E-state index contributed by atoms with van der Waals surface area (Å²) in [5, 5.41) is 8.20. The fourth-order valence-corrected chi connectivity index (χ4v) is 8.77. The molecule has 1 aromatic carbocycles. The van der Waals surface area contributed by atoms with E-state index in [1.54, 1.807) is 17.8 Å². The molecular weight excluding hydrogens is 642 g/mol. The lowest BCUT2D eigenvalue weighted by molar-refractivity contribution is -0.134. The minimum absolute atomic E-state index is 0.00591. The molecule has 238 valence electrons. The van der Waals surface area contributed by atoms with Gasteiger partial charge in [0.05, 0.1) is 45.4 Å². The summed E-state index contributed by atoms with van der Waals surface area (Å²) in [5.74, 6) is 2.66. The van der Waals surface area contributed by atoms with Crippen LogP contribution in [0.25, 0.3) is 11.8 Å². The number of hydrogen-bond acceptors (Lipinski definition) is 6. The van der Waals surface area contributed by atoms with E-state index in [0.29, 0.717) is 28.7 Å². The number of ketones is 1. The number of allylic oxidation sites excluding steroid dienone is 1. The first-order valence-electron chi connectivity index (χ1n) is 13.7. The van der Waals surface area contributed by atoms with Gasteiger partial charge in [-0.25, -0.2) is 31.4 Å². The summed E-state index contributed by atoms with van der Waals surface area (Å²) in [6.45, 7) is -0.921. The molecule has 0 N–H and O–H groups in total.